The number of aryl methyl sites for hydroxylation is 3. The molecule has 0 saturated heterocycles. The second-order valence-electron chi connectivity index (χ2n) is 6.25. The molecule has 0 aliphatic rings. The third-order valence-corrected chi connectivity index (χ3v) is 4.98. The van der Waals surface area contributed by atoms with Crippen LogP contribution in [0.1, 0.15) is 21.7 Å². The average Bonchev–Trinajstić information content (AvgIpc) is 3.20. The number of amides is 1. The van der Waals surface area contributed by atoms with Crippen molar-refractivity contribution in [1.82, 2.24) is 19.7 Å². The summed E-state index contributed by atoms with van der Waals surface area (Å²) in [6.07, 6.45) is 1.89. The lowest BCUT2D eigenvalue weighted by atomic mass is 10.1. The summed E-state index contributed by atoms with van der Waals surface area (Å²) in [7, 11) is 1.85. The lowest BCUT2D eigenvalue weighted by Crippen LogP contribution is -2.14. The van der Waals surface area contributed by atoms with E-state index in [-0.39, 0.29) is 11.7 Å². The molecule has 0 atom stereocenters. The number of nitrogens with one attached hydrogen (secondary N) is 1. The molecule has 0 unspecified atom stereocenters. The zero-order valence-corrected chi connectivity index (χ0v) is 15.8. The number of hydrogen-bond donors (Lipinski definition) is 1. The first-order chi connectivity index (χ1) is 12.9. The molecule has 0 aliphatic heterocycles. The van der Waals surface area contributed by atoms with E-state index in [4.69, 9.17) is 0 Å². The van der Waals surface area contributed by atoms with E-state index in [0.29, 0.717) is 27.3 Å². The molecule has 1 N–H and O–H groups in total. The highest BCUT2D eigenvalue weighted by molar-refractivity contribution is 7.14. The van der Waals surface area contributed by atoms with Crippen molar-refractivity contribution in [3.8, 4) is 11.3 Å². The molecule has 4 aromatic rings. The van der Waals surface area contributed by atoms with Gasteiger partial charge in [0.2, 0.25) is 0 Å². The van der Waals surface area contributed by atoms with Gasteiger partial charge < -0.3 is 0 Å². The number of pyridine rings is 1. The topological polar surface area (TPSA) is 72.7 Å². The number of aromatic nitrogens is 4. The lowest BCUT2D eigenvalue weighted by molar-refractivity contribution is 0.102. The molecule has 8 heteroatoms. The van der Waals surface area contributed by atoms with Crippen molar-refractivity contribution in [3.63, 3.8) is 0 Å². The Morgan fingerprint density at radius 1 is 1.19 bits per heavy atom. The summed E-state index contributed by atoms with van der Waals surface area (Å²) in [4.78, 5) is 21.6. The third kappa shape index (κ3) is 3.31. The van der Waals surface area contributed by atoms with Crippen molar-refractivity contribution in [2.24, 2.45) is 7.05 Å². The molecule has 0 bridgehead atoms. The van der Waals surface area contributed by atoms with Gasteiger partial charge in [0.05, 0.1) is 28.2 Å². The summed E-state index contributed by atoms with van der Waals surface area (Å²) in [6, 6.07) is 5.97. The van der Waals surface area contributed by atoms with Gasteiger partial charge in [0.1, 0.15) is 5.82 Å². The minimum Gasteiger partial charge on any atom is -0.298 e. The van der Waals surface area contributed by atoms with Gasteiger partial charge in [-0.05, 0) is 38.1 Å². The SMILES string of the molecule is Cc1nc2ccc(F)cc2cc1C(=O)Nc1nc(-c2cn(C)nc2C)cs1. The highest BCUT2D eigenvalue weighted by atomic mass is 32.1. The van der Waals surface area contributed by atoms with Gasteiger partial charge in [-0.3, -0.25) is 19.8 Å². The zero-order valence-electron chi connectivity index (χ0n) is 14.9. The monoisotopic (exact) mass is 381 g/mol. The number of nitrogens with zero attached hydrogens (tertiary/aromatic N) is 4. The van der Waals surface area contributed by atoms with Crippen molar-refractivity contribution in [3.05, 3.63) is 58.6 Å². The van der Waals surface area contributed by atoms with Gasteiger partial charge >= 0.3 is 0 Å². The molecule has 0 fully saturated rings. The number of anilines is 1. The molecular formula is C19H16FN5OS. The summed E-state index contributed by atoms with van der Waals surface area (Å²) in [5, 5.41) is 10.0. The van der Waals surface area contributed by atoms with Crippen LogP contribution in [0.3, 0.4) is 0 Å². The van der Waals surface area contributed by atoms with E-state index >= 15 is 0 Å². The van der Waals surface area contributed by atoms with E-state index in [1.807, 2.05) is 25.5 Å². The highest BCUT2D eigenvalue weighted by Gasteiger charge is 2.15. The Labute approximate surface area is 158 Å². The minimum absolute atomic E-state index is 0.324. The van der Waals surface area contributed by atoms with Crippen LogP contribution < -0.4 is 5.32 Å². The smallest absolute Gasteiger partial charge is 0.259 e. The number of carbonyl (C=O) groups excluding carboxylic acids is 1. The second-order valence-corrected chi connectivity index (χ2v) is 7.11. The number of benzene rings is 1. The predicted octanol–water partition coefficient (Wildman–Crippen LogP) is 4.10. The van der Waals surface area contributed by atoms with Crippen molar-refractivity contribution < 1.29 is 9.18 Å². The molecular weight excluding hydrogens is 365 g/mol. The number of thiazole rings is 1. The summed E-state index contributed by atoms with van der Waals surface area (Å²) in [5.74, 6) is -0.689. The minimum atomic E-state index is -0.365. The molecule has 3 aromatic heterocycles. The van der Waals surface area contributed by atoms with Crippen LogP contribution in [0.5, 0.6) is 0 Å². The van der Waals surface area contributed by atoms with Crippen LogP contribution in [0, 0.1) is 19.7 Å². The fourth-order valence-corrected chi connectivity index (χ4v) is 3.65. The zero-order chi connectivity index (χ0) is 19.1. The third-order valence-electron chi connectivity index (χ3n) is 4.23. The summed E-state index contributed by atoms with van der Waals surface area (Å²) in [6.45, 7) is 3.67. The average molecular weight is 381 g/mol. The molecule has 6 nitrogen and oxygen atoms in total. The fraction of sp³-hybridized carbons (Fsp3) is 0.158. The molecule has 1 aromatic carbocycles. The van der Waals surface area contributed by atoms with Gasteiger partial charge in [0.15, 0.2) is 5.13 Å². The Bertz CT molecular complexity index is 1180. The normalized spacial score (nSPS) is 11.1. The Balaban J connectivity index is 1.62. The molecule has 4 rings (SSSR count). The van der Waals surface area contributed by atoms with E-state index in [1.54, 1.807) is 23.7 Å². The van der Waals surface area contributed by atoms with Crippen molar-refractivity contribution in [1.29, 1.82) is 0 Å². The van der Waals surface area contributed by atoms with Crippen LogP contribution in [0.4, 0.5) is 9.52 Å². The molecule has 0 aliphatic carbocycles. The largest absolute Gasteiger partial charge is 0.298 e. The second kappa shape index (κ2) is 6.55. The van der Waals surface area contributed by atoms with E-state index in [0.717, 1.165) is 17.0 Å². The van der Waals surface area contributed by atoms with Crippen molar-refractivity contribution >= 4 is 33.3 Å². The van der Waals surface area contributed by atoms with Gasteiger partial charge in [-0.2, -0.15) is 5.10 Å². The standard InChI is InChI=1S/C19H16FN5OS/c1-10-14(7-12-6-13(20)4-5-16(12)21-10)18(26)23-19-22-17(9-27-19)15-8-25(3)24-11(15)2/h4-9H,1-3H3,(H,22,23,26). The Kier molecular flexibility index (Phi) is 4.19. The van der Waals surface area contributed by atoms with Crippen molar-refractivity contribution in [2.45, 2.75) is 13.8 Å². The van der Waals surface area contributed by atoms with Gasteiger partial charge in [0.25, 0.3) is 5.91 Å². The predicted molar refractivity (Wildman–Crippen MR) is 103 cm³/mol. The van der Waals surface area contributed by atoms with E-state index in [2.05, 4.69) is 20.4 Å². The summed E-state index contributed by atoms with van der Waals surface area (Å²) >= 11 is 1.34. The van der Waals surface area contributed by atoms with E-state index in [1.165, 1.54) is 23.5 Å². The van der Waals surface area contributed by atoms with Crippen molar-refractivity contribution in [2.75, 3.05) is 5.32 Å². The molecule has 0 spiro atoms. The van der Waals surface area contributed by atoms with E-state index in [9.17, 15) is 9.18 Å². The lowest BCUT2D eigenvalue weighted by Gasteiger charge is -2.07. The summed E-state index contributed by atoms with van der Waals surface area (Å²) < 4.78 is 15.2. The van der Waals surface area contributed by atoms with Gasteiger partial charge in [-0.15, -0.1) is 11.3 Å². The number of carbonyl (C=O) groups is 1. The summed E-state index contributed by atoms with van der Waals surface area (Å²) in [5.41, 5.74) is 4.17. The van der Waals surface area contributed by atoms with Crippen LogP contribution in [0.15, 0.2) is 35.8 Å². The maximum Gasteiger partial charge on any atom is 0.259 e. The first-order valence-electron chi connectivity index (χ1n) is 8.25. The molecule has 1 amide bonds. The molecule has 0 radical (unpaired) electrons. The number of halogens is 1. The Morgan fingerprint density at radius 3 is 2.74 bits per heavy atom. The number of hydrogen-bond acceptors (Lipinski definition) is 5. The fourth-order valence-electron chi connectivity index (χ4n) is 2.94. The maximum atomic E-state index is 13.5. The van der Waals surface area contributed by atoms with Crippen LogP contribution in [0.25, 0.3) is 22.2 Å². The van der Waals surface area contributed by atoms with Gasteiger partial charge in [0, 0.05) is 29.6 Å². The Morgan fingerprint density at radius 2 is 2.00 bits per heavy atom. The first kappa shape index (κ1) is 17.3. The van der Waals surface area contributed by atoms with Gasteiger partial charge in [-0.25, -0.2) is 9.37 Å². The molecule has 136 valence electrons. The molecule has 0 saturated carbocycles. The highest BCUT2D eigenvalue weighted by Crippen LogP contribution is 2.27. The van der Waals surface area contributed by atoms with Crippen LogP contribution in [0.2, 0.25) is 0 Å². The number of fused-ring (bicyclic) bond motifs is 1. The van der Waals surface area contributed by atoms with Crippen LogP contribution in [-0.4, -0.2) is 25.7 Å². The molecule has 27 heavy (non-hydrogen) atoms. The maximum absolute atomic E-state index is 13.5. The molecule has 3 heterocycles. The Hall–Kier alpha value is -3.13. The quantitative estimate of drug-likeness (QED) is 0.580. The van der Waals surface area contributed by atoms with Gasteiger partial charge in [-0.1, -0.05) is 0 Å². The van der Waals surface area contributed by atoms with E-state index < -0.39 is 0 Å². The van der Waals surface area contributed by atoms with Crippen LogP contribution >= 0.6 is 11.3 Å². The number of rotatable bonds is 3. The first-order valence-corrected chi connectivity index (χ1v) is 9.13. The van der Waals surface area contributed by atoms with Crippen LogP contribution in [-0.2, 0) is 7.05 Å².